The summed E-state index contributed by atoms with van der Waals surface area (Å²) in [6, 6.07) is 5.02. The van der Waals surface area contributed by atoms with Gasteiger partial charge in [0.05, 0.1) is 43.6 Å². The number of aryl methyl sites for hydroxylation is 1. The van der Waals surface area contributed by atoms with Gasteiger partial charge in [0.15, 0.2) is 0 Å². The molecule has 2 unspecified atom stereocenters. The van der Waals surface area contributed by atoms with Gasteiger partial charge in [-0.05, 0) is 38.5 Å². The van der Waals surface area contributed by atoms with Crippen LogP contribution in [0, 0.1) is 0 Å². The van der Waals surface area contributed by atoms with Gasteiger partial charge in [0.1, 0.15) is 17.3 Å². The molecule has 0 spiro atoms. The number of nitrogens with zero attached hydrogens (tertiary/aromatic N) is 3. The zero-order chi connectivity index (χ0) is 24.1. The van der Waals surface area contributed by atoms with E-state index in [-0.39, 0.29) is 17.7 Å². The smallest absolute Gasteiger partial charge is 0.409 e. The lowest BCUT2D eigenvalue weighted by molar-refractivity contribution is 0.0614. The van der Waals surface area contributed by atoms with Gasteiger partial charge in [-0.15, -0.1) is 0 Å². The van der Waals surface area contributed by atoms with Crippen LogP contribution in [-0.4, -0.2) is 66.6 Å². The molecule has 3 rings (SSSR count). The molecule has 1 aromatic heterocycles. The van der Waals surface area contributed by atoms with E-state index in [9.17, 15) is 9.59 Å². The molecule has 0 saturated carbocycles. The second kappa shape index (κ2) is 10.9. The van der Waals surface area contributed by atoms with Crippen LogP contribution < -0.4 is 15.6 Å². The van der Waals surface area contributed by atoms with Crippen molar-refractivity contribution in [3.05, 3.63) is 39.3 Å². The first-order valence-electron chi connectivity index (χ1n) is 11.1. The minimum Gasteiger partial charge on any atom is -0.497 e. The normalized spacial score (nSPS) is 17.8. The van der Waals surface area contributed by atoms with E-state index in [1.807, 2.05) is 20.8 Å². The number of carbonyl (C=O) groups excluding carboxylic acids is 1. The van der Waals surface area contributed by atoms with Crippen LogP contribution in [0.4, 0.5) is 10.5 Å². The average molecular weight is 479 g/mol. The highest BCUT2D eigenvalue weighted by Crippen LogP contribution is 2.31. The standard InChI is InChI=1S/C23H31ClN4O5/c1-6-17-20(25-18-12-27(23(30)32-5)13-19(18)33-8-3)22(29)28(7-2)21(26-17)15-10-9-14(31-4)11-16(15)24/h9-11,18-19,25H,6-8,12-13H2,1-5H3. The molecule has 0 aliphatic carbocycles. The molecule has 0 radical (unpaired) electrons. The lowest BCUT2D eigenvalue weighted by atomic mass is 10.1. The van der Waals surface area contributed by atoms with Crippen LogP contribution in [-0.2, 0) is 22.4 Å². The molecule has 2 aromatic rings. The van der Waals surface area contributed by atoms with Gasteiger partial charge in [-0.1, -0.05) is 18.5 Å². The molecule has 1 fully saturated rings. The van der Waals surface area contributed by atoms with Crippen molar-refractivity contribution in [2.45, 2.75) is 45.9 Å². The highest BCUT2D eigenvalue weighted by molar-refractivity contribution is 6.33. The molecule has 1 aromatic carbocycles. The third-order valence-electron chi connectivity index (χ3n) is 5.72. The molecule has 1 aliphatic heterocycles. The van der Waals surface area contributed by atoms with Gasteiger partial charge in [-0.2, -0.15) is 0 Å². The summed E-state index contributed by atoms with van der Waals surface area (Å²) in [4.78, 5) is 32.0. The quantitative estimate of drug-likeness (QED) is 0.621. The molecule has 0 bridgehead atoms. The summed E-state index contributed by atoms with van der Waals surface area (Å²) in [6.07, 6.45) is -0.160. The molecule has 1 saturated heterocycles. The van der Waals surface area contributed by atoms with Gasteiger partial charge in [-0.25, -0.2) is 9.78 Å². The van der Waals surface area contributed by atoms with Crippen LogP contribution in [0.3, 0.4) is 0 Å². The van der Waals surface area contributed by atoms with E-state index in [0.29, 0.717) is 66.2 Å². The number of anilines is 1. The number of hydrogen-bond donors (Lipinski definition) is 1. The first kappa shape index (κ1) is 24.9. The van der Waals surface area contributed by atoms with E-state index < -0.39 is 6.09 Å². The first-order valence-corrected chi connectivity index (χ1v) is 11.4. The maximum Gasteiger partial charge on any atom is 0.409 e. The Balaban J connectivity index is 2.03. The number of halogens is 1. The predicted octanol–water partition coefficient (Wildman–Crippen LogP) is 3.42. The van der Waals surface area contributed by atoms with Crippen molar-refractivity contribution in [2.24, 2.45) is 0 Å². The molecule has 9 nitrogen and oxygen atoms in total. The molecule has 1 aliphatic rings. The van der Waals surface area contributed by atoms with Crippen LogP contribution in [0.15, 0.2) is 23.0 Å². The Morgan fingerprint density at radius 1 is 1.24 bits per heavy atom. The fourth-order valence-corrected chi connectivity index (χ4v) is 4.32. The van der Waals surface area contributed by atoms with Gasteiger partial charge in [0.25, 0.3) is 5.56 Å². The van der Waals surface area contributed by atoms with E-state index in [2.05, 4.69) is 5.32 Å². The van der Waals surface area contributed by atoms with E-state index >= 15 is 0 Å². The monoisotopic (exact) mass is 478 g/mol. The number of likely N-dealkylation sites (tertiary alicyclic amines) is 1. The molecule has 10 heteroatoms. The van der Waals surface area contributed by atoms with Gasteiger partial charge in [0, 0.05) is 25.3 Å². The Morgan fingerprint density at radius 3 is 2.58 bits per heavy atom. The molecule has 1 N–H and O–H groups in total. The van der Waals surface area contributed by atoms with E-state index in [1.54, 1.807) is 34.8 Å². The summed E-state index contributed by atoms with van der Waals surface area (Å²) in [5.74, 6) is 1.13. The van der Waals surface area contributed by atoms with Crippen LogP contribution in [0.1, 0.15) is 26.5 Å². The fourth-order valence-electron chi connectivity index (χ4n) is 4.06. The van der Waals surface area contributed by atoms with Crippen molar-refractivity contribution < 1.29 is 19.0 Å². The van der Waals surface area contributed by atoms with Gasteiger partial charge in [0.2, 0.25) is 0 Å². The van der Waals surface area contributed by atoms with Crippen molar-refractivity contribution in [3.63, 3.8) is 0 Å². The molecule has 2 atom stereocenters. The van der Waals surface area contributed by atoms with Gasteiger partial charge in [-0.3, -0.25) is 9.36 Å². The summed E-state index contributed by atoms with van der Waals surface area (Å²) in [6.45, 7) is 7.37. The second-order valence-corrected chi connectivity index (χ2v) is 8.03. The van der Waals surface area contributed by atoms with Crippen molar-refractivity contribution in [1.82, 2.24) is 14.5 Å². The Hall–Kier alpha value is -2.78. The highest BCUT2D eigenvalue weighted by atomic mass is 35.5. The van der Waals surface area contributed by atoms with Crippen LogP contribution in [0.25, 0.3) is 11.4 Å². The lowest BCUT2D eigenvalue weighted by Gasteiger charge is -2.23. The lowest BCUT2D eigenvalue weighted by Crippen LogP contribution is -2.38. The minimum absolute atomic E-state index is 0.196. The van der Waals surface area contributed by atoms with Crippen molar-refractivity contribution in [2.75, 3.05) is 39.2 Å². The van der Waals surface area contributed by atoms with Crippen molar-refractivity contribution in [3.8, 4) is 17.1 Å². The number of carbonyl (C=O) groups is 1. The summed E-state index contributed by atoms with van der Waals surface area (Å²) >= 11 is 6.49. The summed E-state index contributed by atoms with van der Waals surface area (Å²) in [7, 11) is 2.92. The number of methoxy groups -OCH3 is 2. The molecule has 2 heterocycles. The largest absolute Gasteiger partial charge is 0.497 e. The number of rotatable bonds is 8. The number of benzene rings is 1. The van der Waals surface area contributed by atoms with Gasteiger partial charge < -0.3 is 24.4 Å². The first-order chi connectivity index (χ1) is 15.9. The minimum atomic E-state index is -0.423. The molecular formula is C23H31ClN4O5. The molecular weight excluding hydrogens is 448 g/mol. The molecule has 1 amide bonds. The fraction of sp³-hybridized carbons (Fsp3) is 0.522. The maximum atomic E-state index is 13.6. The van der Waals surface area contributed by atoms with Crippen LogP contribution in [0.5, 0.6) is 5.75 Å². The Labute approximate surface area is 198 Å². The second-order valence-electron chi connectivity index (χ2n) is 7.63. The topological polar surface area (TPSA) is 94.9 Å². The zero-order valence-electron chi connectivity index (χ0n) is 19.7. The highest BCUT2D eigenvalue weighted by Gasteiger charge is 2.37. The predicted molar refractivity (Wildman–Crippen MR) is 127 cm³/mol. The third kappa shape index (κ3) is 5.09. The Kier molecular flexibility index (Phi) is 8.20. The molecule has 33 heavy (non-hydrogen) atoms. The van der Waals surface area contributed by atoms with Crippen molar-refractivity contribution >= 4 is 23.4 Å². The molecule has 180 valence electrons. The number of amides is 1. The van der Waals surface area contributed by atoms with Crippen LogP contribution >= 0.6 is 11.6 Å². The van der Waals surface area contributed by atoms with Crippen molar-refractivity contribution in [1.29, 1.82) is 0 Å². The summed E-state index contributed by atoms with van der Waals surface area (Å²) < 4.78 is 17.5. The third-order valence-corrected chi connectivity index (χ3v) is 6.03. The van der Waals surface area contributed by atoms with E-state index in [4.69, 9.17) is 30.8 Å². The average Bonchev–Trinajstić information content (AvgIpc) is 3.22. The number of hydrogen-bond acceptors (Lipinski definition) is 7. The Bertz CT molecular complexity index is 1060. The SMILES string of the molecule is CCOC1CN(C(=O)OC)CC1Nc1c(CC)nc(-c2ccc(OC)cc2Cl)n(CC)c1=O. The summed E-state index contributed by atoms with van der Waals surface area (Å²) in [5, 5.41) is 3.79. The van der Waals surface area contributed by atoms with E-state index in [0.717, 1.165) is 0 Å². The van der Waals surface area contributed by atoms with Crippen LogP contribution in [0.2, 0.25) is 5.02 Å². The van der Waals surface area contributed by atoms with E-state index in [1.165, 1.54) is 7.11 Å². The number of ether oxygens (including phenoxy) is 3. The maximum absolute atomic E-state index is 13.6. The summed E-state index contributed by atoms with van der Waals surface area (Å²) in [5.41, 5.74) is 1.49. The number of aromatic nitrogens is 2. The van der Waals surface area contributed by atoms with Gasteiger partial charge >= 0.3 is 6.09 Å². The zero-order valence-corrected chi connectivity index (χ0v) is 20.4. The Morgan fingerprint density at radius 2 is 2.00 bits per heavy atom. The number of nitrogens with one attached hydrogen (secondary N) is 1.